The van der Waals surface area contributed by atoms with Gasteiger partial charge in [-0.1, -0.05) is 11.6 Å². The number of hydrogen-bond acceptors (Lipinski definition) is 5. The average Bonchev–Trinajstić information content (AvgIpc) is 2.84. The summed E-state index contributed by atoms with van der Waals surface area (Å²) in [5, 5.41) is 6.95. The summed E-state index contributed by atoms with van der Waals surface area (Å²) in [6, 6.07) is 5.00. The molecule has 0 fully saturated rings. The first-order valence-corrected chi connectivity index (χ1v) is 8.07. The Labute approximate surface area is 148 Å². The second-order valence-electron chi connectivity index (χ2n) is 5.79. The maximum absolute atomic E-state index is 12.3. The molecule has 7 nitrogen and oxygen atoms in total. The van der Waals surface area contributed by atoms with Gasteiger partial charge in [-0.2, -0.15) is 5.10 Å². The molecule has 8 heteroatoms. The van der Waals surface area contributed by atoms with Crippen molar-refractivity contribution in [1.82, 2.24) is 9.78 Å². The molecule has 1 aliphatic heterocycles. The number of benzene rings is 1. The van der Waals surface area contributed by atoms with E-state index in [0.717, 1.165) is 5.56 Å². The van der Waals surface area contributed by atoms with Crippen LogP contribution in [0.4, 0.5) is 5.69 Å². The fourth-order valence-corrected chi connectivity index (χ4v) is 2.96. The summed E-state index contributed by atoms with van der Waals surface area (Å²) in [5.74, 6) is -1.05. The SMILES string of the molecule is Cc1nn(C)c(Cl)c1C(=O)OCC(=O)c1ccc2c(c1)CCC(=O)N2. The number of carbonyl (C=O) groups excluding carboxylic acids is 3. The molecule has 25 heavy (non-hydrogen) atoms. The maximum Gasteiger partial charge on any atom is 0.343 e. The Morgan fingerprint density at radius 3 is 2.80 bits per heavy atom. The van der Waals surface area contributed by atoms with Crippen LogP contribution in [0.1, 0.15) is 38.4 Å². The van der Waals surface area contributed by atoms with Gasteiger partial charge in [-0.3, -0.25) is 14.3 Å². The monoisotopic (exact) mass is 361 g/mol. The van der Waals surface area contributed by atoms with Crippen LogP contribution in [0.5, 0.6) is 0 Å². The number of nitrogens with one attached hydrogen (secondary N) is 1. The summed E-state index contributed by atoms with van der Waals surface area (Å²) < 4.78 is 6.45. The van der Waals surface area contributed by atoms with Gasteiger partial charge >= 0.3 is 5.97 Å². The fourth-order valence-electron chi connectivity index (χ4n) is 2.71. The minimum Gasteiger partial charge on any atom is -0.454 e. The summed E-state index contributed by atoms with van der Waals surface area (Å²) in [6.07, 6.45) is 0.963. The third-order valence-electron chi connectivity index (χ3n) is 4.01. The maximum atomic E-state index is 12.3. The van der Waals surface area contributed by atoms with Crippen molar-refractivity contribution in [3.8, 4) is 0 Å². The number of fused-ring (bicyclic) bond motifs is 1. The van der Waals surface area contributed by atoms with E-state index >= 15 is 0 Å². The topological polar surface area (TPSA) is 90.3 Å². The highest BCUT2D eigenvalue weighted by Gasteiger charge is 2.22. The summed E-state index contributed by atoms with van der Waals surface area (Å²) >= 11 is 6.01. The van der Waals surface area contributed by atoms with Crippen LogP contribution in [0.3, 0.4) is 0 Å². The van der Waals surface area contributed by atoms with Gasteiger partial charge in [0.25, 0.3) is 0 Å². The molecule has 0 bridgehead atoms. The highest BCUT2D eigenvalue weighted by atomic mass is 35.5. The number of ether oxygens (including phenoxy) is 1. The molecule has 3 rings (SSSR count). The summed E-state index contributed by atoms with van der Waals surface area (Å²) in [6.45, 7) is 1.25. The zero-order valence-corrected chi connectivity index (χ0v) is 14.5. The second-order valence-corrected chi connectivity index (χ2v) is 6.15. The van der Waals surface area contributed by atoms with E-state index in [9.17, 15) is 14.4 Å². The standard InChI is InChI=1S/C17H16ClN3O4/c1-9-15(16(18)21(2)20-9)17(24)25-8-13(22)11-3-5-12-10(7-11)4-6-14(23)19-12/h3,5,7H,4,6,8H2,1-2H3,(H,19,23). The summed E-state index contributed by atoms with van der Waals surface area (Å²) in [5.41, 5.74) is 2.63. The van der Waals surface area contributed by atoms with Crippen molar-refractivity contribution in [2.24, 2.45) is 7.05 Å². The number of rotatable bonds is 4. The van der Waals surface area contributed by atoms with Crippen LogP contribution in [0.25, 0.3) is 0 Å². The Morgan fingerprint density at radius 2 is 2.12 bits per heavy atom. The molecule has 1 aromatic heterocycles. The highest BCUT2D eigenvalue weighted by molar-refractivity contribution is 6.32. The lowest BCUT2D eigenvalue weighted by Gasteiger charge is -2.17. The van der Waals surface area contributed by atoms with Crippen molar-refractivity contribution in [2.75, 3.05) is 11.9 Å². The summed E-state index contributed by atoms with van der Waals surface area (Å²) in [4.78, 5) is 35.8. The number of aryl methyl sites for hydroxylation is 3. The smallest absolute Gasteiger partial charge is 0.343 e. The first kappa shape index (κ1) is 17.2. The van der Waals surface area contributed by atoms with Crippen LogP contribution >= 0.6 is 11.6 Å². The van der Waals surface area contributed by atoms with Crippen molar-refractivity contribution in [3.63, 3.8) is 0 Å². The molecule has 0 saturated heterocycles. The average molecular weight is 362 g/mol. The van der Waals surface area contributed by atoms with Gasteiger partial charge in [-0.25, -0.2) is 4.79 Å². The van der Waals surface area contributed by atoms with Crippen LogP contribution in [-0.2, 0) is 23.0 Å². The van der Waals surface area contributed by atoms with Crippen LogP contribution in [0, 0.1) is 6.92 Å². The Kier molecular flexibility index (Phi) is 4.59. The number of anilines is 1. The minimum absolute atomic E-state index is 0.0378. The zero-order chi connectivity index (χ0) is 18.1. The molecule has 1 amide bonds. The molecule has 2 aromatic rings. The minimum atomic E-state index is -0.686. The molecule has 2 heterocycles. The van der Waals surface area contributed by atoms with Gasteiger partial charge in [0, 0.05) is 24.7 Å². The van der Waals surface area contributed by atoms with E-state index in [0.29, 0.717) is 29.8 Å². The highest BCUT2D eigenvalue weighted by Crippen LogP contribution is 2.24. The van der Waals surface area contributed by atoms with E-state index in [1.54, 1.807) is 32.2 Å². The predicted molar refractivity (Wildman–Crippen MR) is 91.0 cm³/mol. The van der Waals surface area contributed by atoms with Crippen molar-refractivity contribution < 1.29 is 19.1 Å². The zero-order valence-electron chi connectivity index (χ0n) is 13.8. The van der Waals surface area contributed by atoms with Gasteiger partial charge in [0.1, 0.15) is 10.7 Å². The molecule has 1 aromatic carbocycles. The fraction of sp³-hybridized carbons (Fsp3) is 0.294. The molecule has 130 valence electrons. The number of esters is 1. The second kappa shape index (κ2) is 6.68. The van der Waals surface area contributed by atoms with Crippen LogP contribution < -0.4 is 5.32 Å². The molecule has 0 saturated carbocycles. The van der Waals surface area contributed by atoms with E-state index in [4.69, 9.17) is 16.3 Å². The first-order valence-electron chi connectivity index (χ1n) is 7.69. The Balaban J connectivity index is 1.69. The molecular formula is C17H16ClN3O4. The lowest BCUT2D eigenvalue weighted by Crippen LogP contribution is -2.20. The van der Waals surface area contributed by atoms with Crippen LogP contribution in [-0.4, -0.2) is 34.0 Å². The molecule has 0 unspecified atom stereocenters. The van der Waals surface area contributed by atoms with Crippen LogP contribution in [0.2, 0.25) is 5.15 Å². The van der Waals surface area contributed by atoms with E-state index in [2.05, 4.69) is 10.4 Å². The molecule has 0 radical (unpaired) electrons. The third-order valence-corrected chi connectivity index (χ3v) is 4.45. The quantitative estimate of drug-likeness (QED) is 0.666. The van der Waals surface area contributed by atoms with E-state index in [1.165, 1.54) is 4.68 Å². The number of aromatic nitrogens is 2. The predicted octanol–water partition coefficient (Wildman–Crippen LogP) is 2.31. The number of halogens is 1. The molecule has 0 aliphatic carbocycles. The third kappa shape index (κ3) is 3.41. The number of carbonyl (C=O) groups is 3. The molecular weight excluding hydrogens is 346 g/mol. The van der Waals surface area contributed by atoms with Gasteiger partial charge in [0.05, 0.1) is 5.69 Å². The normalized spacial score (nSPS) is 13.2. The van der Waals surface area contributed by atoms with Gasteiger partial charge in [0.15, 0.2) is 12.4 Å². The Morgan fingerprint density at radius 1 is 1.36 bits per heavy atom. The van der Waals surface area contributed by atoms with Crippen molar-refractivity contribution in [2.45, 2.75) is 19.8 Å². The van der Waals surface area contributed by atoms with Crippen molar-refractivity contribution in [3.05, 3.63) is 45.7 Å². The summed E-state index contributed by atoms with van der Waals surface area (Å²) in [7, 11) is 1.61. The number of hydrogen-bond donors (Lipinski definition) is 1. The van der Waals surface area contributed by atoms with Gasteiger partial charge in [0.2, 0.25) is 5.91 Å². The number of ketones is 1. The Hall–Kier alpha value is -2.67. The van der Waals surface area contributed by atoms with Crippen LogP contribution in [0.15, 0.2) is 18.2 Å². The molecule has 0 atom stereocenters. The lowest BCUT2D eigenvalue weighted by atomic mass is 9.99. The van der Waals surface area contributed by atoms with Gasteiger partial charge in [-0.05, 0) is 37.1 Å². The van der Waals surface area contributed by atoms with E-state index in [-0.39, 0.29) is 22.4 Å². The van der Waals surface area contributed by atoms with E-state index < -0.39 is 12.6 Å². The lowest BCUT2D eigenvalue weighted by molar-refractivity contribution is -0.116. The van der Waals surface area contributed by atoms with E-state index in [1.807, 2.05) is 0 Å². The number of amides is 1. The molecule has 0 spiro atoms. The first-order chi connectivity index (χ1) is 11.9. The van der Waals surface area contributed by atoms with Gasteiger partial charge < -0.3 is 10.1 Å². The number of Topliss-reactive ketones (excluding diaryl/α,β-unsaturated/α-hetero) is 1. The molecule has 1 N–H and O–H groups in total. The molecule has 1 aliphatic rings. The largest absolute Gasteiger partial charge is 0.454 e. The van der Waals surface area contributed by atoms with Crippen molar-refractivity contribution >= 4 is 34.9 Å². The van der Waals surface area contributed by atoms with Gasteiger partial charge in [-0.15, -0.1) is 0 Å². The number of nitrogens with zero attached hydrogens (tertiary/aromatic N) is 2. The van der Waals surface area contributed by atoms with Crippen molar-refractivity contribution in [1.29, 1.82) is 0 Å². The Bertz CT molecular complexity index is 888.